The number of fused-ring (bicyclic) bond motifs is 1. The Kier molecular flexibility index (Phi) is 2.46. The topological polar surface area (TPSA) is 12.9 Å². The minimum atomic E-state index is 0.672. The van der Waals surface area contributed by atoms with E-state index in [2.05, 4.69) is 23.2 Å². The molecular weight excluding hydrogens is 182 g/mol. The lowest BCUT2D eigenvalue weighted by molar-refractivity contribution is 1.15. The van der Waals surface area contributed by atoms with Crippen molar-refractivity contribution in [1.29, 1.82) is 0 Å². The third-order valence-corrected chi connectivity index (χ3v) is 2.24. The van der Waals surface area contributed by atoms with Crippen molar-refractivity contribution in [3.05, 3.63) is 42.1 Å². The second kappa shape index (κ2) is 3.75. The molecule has 66 valence electrons. The van der Waals surface area contributed by atoms with Gasteiger partial charge in [0.2, 0.25) is 0 Å². The highest BCUT2D eigenvalue weighted by molar-refractivity contribution is 6.18. The van der Waals surface area contributed by atoms with Crippen molar-refractivity contribution in [1.82, 2.24) is 4.98 Å². The number of alkyl halides is 1. The first-order chi connectivity index (χ1) is 6.40. The van der Waals surface area contributed by atoms with Crippen LogP contribution in [0.3, 0.4) is 0 Å². The van der Waals surface area contributed by atoms with Crippen LogP contribution in [0.4, 0.5) is 0 Å². The van der Waals surface area contributed by atoms with Gasteiger partial charge in [0, 0.05) is 17.5 Å². The van der Waals surface area contributed by atoms with Gasteiger partial charge in [-0.15, -0.1) is 11.6 Å². The van der Waals surface area contributed by atoms with Crippen molar-refractivity contribution in [2.45, 2.75) is 6.42 Å². The second-order valence-electron chi connectivity index (χ2n) is 2.97. The molecule has 0 N–H and O–H groups in total. The summed E-state index contributed by atoms with van der Waals surface area (Å²) in [5.41, 5.74) is 2.32. The molecule has 0 aliphatic rings. The summed E-state index contributed by atoms with van der Waals surface area (Å²) < 4.78 is 0. The zero-order valence-electron chi connectivity index (χ0n) is 7.20. The van der Waals surface area contributed by atoms with E-state index in [1.807, 2.05) is 18.3 Å². The molecule has 2 aromatic rings. The lowest BCUT2D eigenvalue weighted by Gasteiger charge is -2.00. The van der Waals surface area contributed by atoms with Gasteiger partial charge in [-0.3, -0.25) is 4.98 Å². The Balaban J connectivity index is 2.49. The van der Waals surface area contributed by atoms with Gasteiger partial charge in [0.1, 0.15) is 0 Å². The van der Waals surface area contributed by atoms with Crippen molar-refractivity contribution < 1.29 is 0 Å². The van der Waals surface area contributed by atoms with E-state index in [-0.39, 0.29) is 0 Å². The zero-order valence-corrected chi connectivity index (χ0v) is 7.96. The lowest BCUT2D eigenvalue weighted by atomic mass is 10.1. The van der Waals surface area contributed by atoms with Crippen molar-refractivity contribution in [3.8, 4) is 0 Å². The van der Waals surface area contributed by atoms with E-state index in [0.29, 0.717) is 5.88 Å². The lowest BCUT2D eigenvalue weighted by Crippen LogP contribution is -1.86. The maximum atomic E-state index is 5.67. The summed E-state index contributed by atoms with van der Waals surface area (Å²) in [4.78, 5) is 4.25. The first-order valence-electron chi connectivity index (χ1n) is 4.30. The molecule has 0 spiro atoms. The van der Waals surface area contributed by atoms with Gasteiger partial charge in [0.15, 0.2) is 0 Å². The summed E-state index contributed by atoms with van der Waals surface area (Å²) in [5, 5.41) is 1.19. The van der Waals surface area contributed by atoms with Gasteiger partial charge in [0.05, 0.1) is 5.52 Å². The predicted molar refractivity (Wildman–Crippen MR) is 56.2 cm³/mol. The van der Waals surface area contributed by atoms with Crippen LogP contribution in [0.1, 0.15) is 5.56 Å². The van der Waals surface area contributed by atoms with Gasteiger partial charge in [0.25, 0.3) is 0 Å². The van der Waals surface area contributed by atoms with E-state index >= 15 is 0 Å². The number of nitrogens with zero attached hydrogens (tertiary/aromatic N) is 1. The van der Waals surface area contributed by atoms with Crippen LogP contribution in [0.5, 0.6) is 0 Å². The van der Waals surface area contributed by atoms with E-state index in [0.717, 1.165) is 11.9 Å². The Morgan fingerprint density at radius 3 is 3.00 bits per heavy atom. The number of aromatic nitrogens is 1. The molecule has 0 saturated heterocycles. The molecule has 1 aromatic heterocycles. The molecule has 2 rings (SSSR count). The standard InChI is InChI=1S/C11H10ClN/c12-6-5-9-3-4-11-10(8-9)2-1-7-13-11/h1-4,7-8H,5-6H2. The summed E-state index contributed by atoms with van der Waals surface area (Å²) in [5.74, 6) is 0.672. The number of benzene rings is 1. The van der Waals surface area contributed by atoms with Crippen molar-refractivity contribution in [2.24, 2.45) is 0 Å². The fraction of sp³-hybridized carbons (Fsp3) is 0.182. The molecule has 0 bridgehead atoms. The minimum Gasteiger partial charge on any atom is -0.256 e. The molecule has 0 aliphatic carbocycles. The highest BCUT2D eigenvalue weighted by atomic mass is 35.5. The number of pyridine rings is 1. The Morgan fingerprint density at radius 1 is 1.23 bits per heavy atom. The van der Waals surface area contributed by atoms with Crippen LogP contribution in [0.15, 0.2) is 36.5 Å². The molecule has 0 aliphatic heterocycles. The summed E-state index contributed by atoms with van der Waals surface area (Å²) in [6, 6.07) is 10.3. The van der Waals surface area contributed by atoms with Crippen LogP contribution < -0.4 is 0 Å². The monoisotopic (exact) mass is 191 g/mol. The highest BCUT2D eigenvalue weighted by Gasteiger charge is 1.95. The first-order valence-corrected chi connectivity index (χ1v) is 4.83. The molecule has 0 unspecified atom stereocenters. The molecular formula is C11H10ClN. The highest BCUT2D eigenvalue weighted by Crippen LogP contribution is 2.13. The zero-order chi connectivity index (χ0) is 9.10. The van der Waals surface area contributed by atoms with Gasteiger partial charge in [-0.2, -0.15) is 0 Å². The predicted octanol–water partition coefficient (Wildman–Crippen LogP) is 3.02. The number of hydrogen-bond donors (Lipinski definition) is 0. The largest absolute Gasteiger partial charge is 0.256 e. The molecule has 1 heterocycles. The molecule has 2 heteroatoms. The third-order valence-electron chi connectivity index (χ3n) is 2.05. The van der Waals surface area contributed by atoms with Crippen molar-refractivity contribution >= 4 is 22.5 Å². The average molecular weight is 192 g/mol. The molecule has 0 radical (unpaired) electrons. The summed E-state index contributed by atoms with van der Waals surface area (Å²) in [6.07, 6.45) is 2.73. The maximum Gasteiger partial charge on any atom is 0.0702 e. The Bertz CT molecular complexity index is 412. The van der Waals surface area contributed by atoms with E-state index in [1.165, 1.54) is 10.9 Å². The minimum absolute atomic E-state index is 0.672. The average Bonchev–Trinajstić information content (AvgIpc) is 2.18. The van der Waals surface area contributed by atoms with Crippen LogP contribution in [0.2, 0.25) is 0 Å². The fourth-order valence-corrected chi connectivity index (χ4v) is 1.61. The van der Waals surface area contributed by atoms with Crippen LogP contribution in [0, 0.1) is 0 Å². The molecule has 1 nitrogen and oxygen atoms in total. The van der Waals surface area contributed by atoms with E-state index < -0.39 is 0 Å². The Labute approximate surface area is 82.4 Å². The molecule has 1 aromatic carbocycles. The quantitative estimate of drug-likeness (QED) is 0.665. The van der Waals surface area contributed by atoms with Gasteiger partial charge < -0.3 is 0 Å². The summed E-state index contributed by atoms with van der Waals surface area (Å²) in [7, 11) is 0. The van der Waals surface area contributed by atoms with Gasteiger partial charge in [-0.1, -0.05) is 12.1 Å². The third kappa shape index (κ3) is 1.81. The second-order valence-corrected chi connectivity index (χ2v) is 3.35. The maximum absolute atomic E-state index is 5.67. The van der Waals surface area contributed by atoms with Crippen LogP contribution >= 0.6 is 11.6 Å². The number of halogens is 1. The molecule has 13 heavy (non-hydrogen) atoms. The molecule has 0 atom stereocenters. The van der Waals surface area contributed by atoms with Gasteiger partial charge >= 0.3 is 0 Å². The van der Waals surface area contributed by atoms with Crippen LogP contribution in [0.25, 0.3) is 10.9 Å². The van der Waals surface area contributed by atoms with E-state index in [4.69, 9.17) is 11.6 Å². The molecule has 0 fully saturated rings. The van der Waals surface area contributed by atoms with Crippen LogP contribution in [-0.2, 0) is 6.42 Å². The van der Waals surface area contributed by atoms with E-state index in [1.54, 1.807) is 0 Å². The van der Waals surface area contributed by atoms with Gasteiger partial charge in [-0.05, 0) is 30.2 Å². The van der Waals surface area contributed by atoms with Crippen molar-refractivity contribution in [2.75, 3.05) is 5.88 Å². The van der Waals surface area contributed by atoms with Crippen LogP contribution in [-0.4, -0.2) is 10.9 Å². The number of hydrogen-bond acceptors (Lipinski definition) is 1. The Hall–Kier alpha value is -1.08. The van der Waals surface area contributed by atoms with E-state index in [9.17, 15) is 0 Å². The van der Waals surface area contributed by atoms with Crippen molar-refractivity contribution in [3.63, 3.8) is 0 Å². The smallest absolute Gasteiger partial charge is 0.0702 e. The summed E-state index contributed by atoms with van der Waals surface area (Å²) >= 11 is 5.67. The Morgan fingerprint density at radius 2 is 2.15 bits per heavy atom. The summed E-state index contributed by atoms with van der Waals surface area (Å²) in [6.45, 7) is 0. The fourth-order valence-electron chi connectivity index (χ4n) is 1.39. The number of aryl methyl sites for hydroxylation is 1. The first kappa shape index (κ1) is 8.52. The molecule has 0 saturated carbocycles. The SMILES string of the molecule is ClCCc1ccc2ncccc2c1. The van der Waals surface area contributed by atoms with Gasteiger partial charge in [-0.25, -0.2) is 0 Å². The number of rotatable bonds is 2. The molecule has 0 amide bonds. The normalized spacial score (nSPS) is 10.5.